The number of aryl methyl sites for hydroxylation is 2. The molecule has 0 bridgehead atoms. The first-order chi connectivity index (χ1) is 18.9. The first-order valence-corrected chi connectivity index (χ1v) is 15.0. The van der Waals surface area contributed by atoms with Gasteiger partial charge in [0.2, 0.25) is 5.96 Å². The number of carbonyl (C=O) groups is 1. The Morgan fingerprint density at radius 1 is 0.975 bits per heavy atom. The van der Waals surface area contributed by atoms with Gasteiger partial charge in [-0.25, -0.2) is 22.9 Å². The van der Waals surface area contributed by atoms with Crippen LogP contribution in [0, 0.1) is 13.8 Å². The zero-order valence-electron chi connectivity index (χ0n) is 23.1. The minimum atomic E-state index is -3.96. The Bertz CT molecular complexity index is 1610. The van der Waals surface area contributed by atoms with Crippen LogP contribution in [0.3, 0.4) is 0 Å². The fourth-order valence-electron chi connectivity index (χ4n) is 3.75. The van der Waals surface area contributed by atoms with Crippen LogP contribution in [0.2, 0.25) is 0 Å². The molecule has 1 amide bonds. The zero-order valence-corrected chi connectivity index (χ0v) is 24.7. The molecule has 2 aromatic heterocycles. The number of thiophene rings is 1. The summed E-state index contributed by atoms with van der Waals surface area (Å²) in [6.45, 7) is 9.27. The number of nitrogens with zero attached hydrogens (tertiary/aromatic N) is 2. The van der Waals surface area contributed by atoms with Crippen molar-refractivity contribution in [3.8, 4) is 22.4 Å². The van der Waals surface area contributed by atoms with E-state index in [0.717, 1.165) is 50.4 Å². The molecule has 2 heterocycles. The summed E-state index contributed by atoms with van der Waals surface area (Å²) >= 11 is 1.06. The van der Waals surface area contributed by atoms with E-state index in [4.69, 9.17) is 9.72 Å². The number of rotatable bonds is 6. The van der Waals surface area contributed by atoms with Crippen LogP contribution in [0.15, 0.2) is 87.5 Å². The van der Waals surface area contributed by atoms with Gasteiger partial charge in [-0.2, -0.15) is 0 Å². The molecule has 0 unspecified atom stereocenters. The fraction of sp³-hybridized carbons (Fsp3) is 0.233. The summed E-state index contributed by atoms with van der Waals surface area (Å²) in [5, 5.41) is 4.09. The van der Waals surface area contributed by atoms with E-state index < -0.39 is 21.7 Å². The van der Waals surface area contributed by atoms with Crippen molar-refractivity contribution < 1.29 is 17.9 Å². The number of hydrogen-bond acceptors (Lipinski definition) is 7. The van der Waals surface area contributed by atoms with E-state index >= 15 is 0 Å². The van der Waals surface area contributed by atoms with Gasteiger partial charge >= 0.3 is 6.09 Å². The van der Waals surface area contributed by atoms with Crippen LogP contribution in [-0.2, 0) is 21.3 Å². The fourth-order valence-corrected chi connectivity index (χ4v) is 5.73. The van der Waals surface area contributed by atoms with Gasteiger partial charge in [0.25, 0.3) is 10.0 Å². The first-order valence-electron chi connectivity index (χ1n) is 12.6. The first kappa shape index (κ1) is 29.0. The third-order valence-corrected chi connectivity index (χ3v) is 8.40. The van der Waals surface area contributed by atoms with Gasteiger partial charge in [0.15, 0.2) is 0 Å². The second-order valence-electron chi connectivity index (χ2n) is 10.3. The summed E-state index contributed by atoms with van der Waals surface area (Å²) in [5.41, 5.74) is 5.95. The number of pyridine rings is 1. The summed E-state index contributed by atoms with van der Waals surface area (Å²) in [5.74, 6) is -0.248. The predicted octanol–water partition coefficient (Wildman–Crippen LogP) is 6.45. The van der Waals surface area contributed by atoms with Crippen LogP contribution in [0.5, 0.6) is 0 Å². The van der Waals surface area contributed by atoms with Crippen molar-refractivity contribution in [2.45, 2.75) is 51.0 Å². The maximum absolute atomic E-state index is 12.9. The lowest BCUT2D eigenvalue weighted by Gasteiger charge is -2.20. The highest BCUT2D eigenvalue weighted by atomic mass is 32.2. The highest BCUT2D eigenvalue weighted by molar-refractivity contribution is 7.92. The largest absolute Gasteiger partial charge is 0.444 e. The lowest BCUT2D eigenvalue weighted by Crippen LogP contribution is -2.45. The second-order valence-corrected chi connectivity index (χ2v) is 13.2. The number of guanidine groups is 1. The number of amides is 1. The summed E-state index contributed by atoms with van der Waals surface area (Å²) in [6, 6.07) is 21.4. The van der Waals surface area contributed by atoms with Crippen LogP contribution in [0.1, 0.15) is 37.5 Å². The van der Waals surface area contributed by atoms with Crippen LogP contribution in [0.4, 0.5) is 4.79 Å². The number of carbonyl (C=O) groups excluding carboxylic acids is 1. The molecule has 10 heteroatoms. The molecule has 2 aromatic carbocycles. The molecule has 0 aliphatic rings. The Kier molecular flexibility index (Phi) is 8.70. The van der Waals surface area contributed by atoms with Gasteiger partial charge in [-0.05, 0) is 63.3 Å². The minimum Gasteiger partial charge on any atom is -0.444 e. The molecule has 0 fully saturated rings. The van der Waals surface area contributed by atoms with Gasteiger partial charge in [0.05, 0.1) is 12.2 Å². The number of ether oxygens (including phenoxy) is 1. The van der Waals surface area contributed by atoms with Crippen molar-refractivity contribution in [2.75, 3.05) is 0 Å². The topological polar surface area (TPSA) is 110 Å². The van der Waals surface area contributed by atoms with E-state index in [1.165, 1.54) is 6.07 Å². The Morgan fingerprint density at radius 3 is 2.17 bits per heavy atom. The van der Waals surface area contributed by atoms with Crippen LogP contribution in [0.25, 0.3) is 22.4 Å². The molecule has 2 N–H and O–H groups in total. The number of hydrogen-bond donors (Lipinski definition) is 2. The highest BCUT2D eigenvalue weighted by Crippen LogP contribution is 2.32. The lowest BCUT2D eigenvalue weighted by molar-refractivity contribution is 0.0562. The van der Waals surface area contributed by atoms with Gasteiger partial charge in [0.1, 0.15) is 9.81 Å². The van der Waals surface area contributed by atoms with Crippen molar-refractivity contribution in [2.24, 2.45) is 4.99 Å². The van der Waals surface area contributed by atoms with Gasteiger partial charge in [-0.3, -0.25) is 10.3 Å². The van der Waals surface area contributed by atoms with Crippen molar-refractivity contribution >= 4 is 33.4 Å². The Balaban J connectivity index is 1.69. The lowest BCUT2D eigenvalue weighted by atomic mass is 9.97. The molecule has 0 radical (unpaired) electrons. The number of benzene rings is 2. The zero-order chi connectivity index (χ0) is 28.9. The third kappa shape index (κ3) is 7.77. The molecule has 8 nitrogen and oxygen atoms in total. The van der Waals surface area contributed by atoms with Gasteiger partial charge in [-0.1, -0.05) is 65.7 Å². The van der Waals surface area contributed by atoms with Crippen molar-refractivity contribution in [3.63, 3.8) is 0 Å². The van der Waals surface area contributed by atoms with Crippen molar-refractivity contribution in [1.29, 1.82) is 0 Å². The molecule has 0 saturated heterocycles. The van der Waals surface area contributed by atoms with Crippen LogP contribution in [-0.4, -0.2) is 31.1 Å². The predicted molar refractivity (Wildman–Crippen MR) is 160 cm³/mol. The second kappa shape index (κ2) is 12.0. The number of sulfonamides is 1. The molecular formula is C30H32N4O4S2. The summed E-state index contributed by atoms with van der Waals surface area (Å²) in [6.07, 6.45) is 0.878. The Morgan fingerprint density at radius 2 is 1.60 bits per heavy atom. The van der Waals surface area contributed by atoms with E-state index in [0.29, 0.717) is 0 Å². The number of alkyl carbamates (subject to hydrolysis) is 1. The molecule has 0 atom stereocenters. The van der Waals surface area contributed by atoms with E-state index in [1.807, 2.05) is 68.4 Å². The van der Waals surface area contributed by atoms with E-state index in [1.54, 1.807) is 38.4 Å². The molecule has 0 aliphatic heterocycles. The van der Waals surface area contributed by atoms with Gasteiger partial charge < -0.3 is 4.74 Å². The maximum Gasteiger partial charge on any atom is 0.414 e. The molecule has 0 aliphatic carbocycles. The van der Waals surface area contributed by atoms with Crippen molar-refractivity contribution in [1.82, 2.24) is 15.0 Å². The van der Waals surface area contributed by atoms with Crippen molar-refractivity contribution in [3.05, 3.63) is 95.0 Å². The SMILES string of the molecule is Cc1ccc(-c2cc(CN=C(NC(=O)OC(C)(C)C)NS(=O)(=O)c3cccs3)cnc2-c2ccc(C)cc2)cc1. The normalized spacial score (nSPS) is 12.2. The van der Waals surface area contributed by atoms with Crippen LogP contribution < -0.4 is 10.0 Å². The minimum absolute atomic E-state index is 0.0537. The van der Waals surface area contributed by atoms with Crippen LogP contribution >= 0.6 is 11.3 Å². The standard InChI is InChI=1S/C30H32N4O4S2/c1-20-8-12-23(13-9-20)25-17-22(18-31-27(25)24-14-10-21(2)11-15-24)19-32-28(33-29(35)38-30(3,4)5)34-40(36,37)26-7-6-16-39-26/h6-18H,19H2,1-5H3,(H2,32,33,34,35). The summed E-state index contributed by atoms with van der Waals surface area (Å²) in [4.78, 5) is 21.6. The molecule has 4 aromatic rings. The smallest absolute Gasteiger partial charge is 0.414 e. The molecular weight excluding hydrogens is 544 g/mol. The van der Waals surface area contributed by atoms with Gasteiger partial charge in [-0.15, -0.1) is 11.3 Å². The number of aliphatic imine (C=N–C) groups is 1. The maximum atomic E-state index is 12.9. The number of aromatic nitrogens is 1. The van der Waals surface area contributed by atoms with Gasteiger partial charge in [0, 0.05) is 17.3 Å². The average Bonchev–Trinajstić information content (AvgIpc) is 3.43. The summed E-state index contributed by atoms with van der Waals surface area (Å²) in [7, 11) is -3.96. The highest BCUT2D eigenvalue weighted by Gasteiger charge is 2.22. The molecule has 0 spiro atoms. The third-order valence-electron chi connectivity index (χ3n) is 5.66. The summed E-state index contributed by atoms with van der Waals surface area (Å²) < 4.78 is 33.6. The van der Waals surface area contributed by atoms with E-state index in [-0.39, 0.29) is 16.7 Å². The molecule has 208 valence electrons. The Labute approximate surface area is 239 Å². The monoisotopic (exact) mass is 576 g/mol. The Hall–Kier alpha value is -4.02. The number of nitrogens with one attached hydrogen (secondary N) is 2. The quantitative estimate of drug-likeness (QED) is 0.202. The molecule has 40 heavy (non-hydrogen) atoms. The molecule has 4 rings (SSSR count). The van der Waals surface area contributed by atoms with E-state index in [9.17, 15) is 13.2 Å². The molecule has 0 saturated carbocycles. The average molecular weight is 577 g/mol. The van der Waals surface area contributed by atoms with E-state index in [2.05, 4.69) is 15.0 Å².